The molecule has 0 saturated heterocycles. The lowest BCUT2D eigenvalue weighted by atomic mass is 10.1. The van der Waals surface area contributed by atoms with Crippen LogP contribution >= 0.6 is 0 Å². The molecule has 1 N–H and O–H groups in total. The van der Waals surface area contributed by atoms with Crippen LogP contribution in [0.2, 0.25) is 0 Å². The van der Waals surface area contributed by atoms with Gasteiger partial charge in [0, 0.05) is 6.04 Å². The highest BCUT2D eigenvalue weighted by atomic mass is 32.2. The predicted octanol–water partition coefficient (Wildman–Crippen LogP) is 1.98. The van der Waals surface area contributed by atoms with Crippen molar-refractivity contribution in [2.24, 2.45) is 0 Å². The van der Waals surface area contributed by atoms with Crippen LogP contribution < -0.4 is 5.32 Å². The Kier molecular flexibility index (Phi) is 5.81. The molecule has 0 spiro atoms. The van der Waals surface area contributed by atoms with Gasteiger partial charge in [-0.2, -0.15) is 0 Å². The van der Waals surface area contributed by atoms with Gasteiger partial charge in [-0.25, -0.2) is 8.42 Å². The Bertz CT molecular complexity index is 265. The molecule has 4 heteroatoms. The van der Waals surface area contributed by atoms with Gasteiger partial charge < -0.3 is 5.32 Å². The van der Waals surface area contributed by atoms with Crippen LogP contribution in [-0.2, 0) is 9.84 Å². The lowest BCUT2D eigenvalue weighted by Gasteiger charge is -2.19. The molecule has 0 heterocycles. The Labute approximate surface area is 94.6 Å². The summed E-state index contributed by atoms with van der Waals surface area (Å²) in [7, 11) is -0.996. The number of hydrogen-bond acceptors (Lipinski definition) is 3. The minimum Gasteiger partial charge on any atom is -0.317 e. The summed E-state index contributed by atoms with van der Waals surface area (Å²) < 4.78 is 22.9. The van der Waals surface area contributed by atoms with Crippen LogP contribution in [0, 0.1) is 0 Å². The minimum atomic E-state index is -2.92. The van der Waals surface area contributed by atoms with E-state index in [9.17, 15) is 8.42 Å². The van der Waals surface area contributed by atoms with Gasteiger partial charge in [0.15, 0.2) is 9.84 Å². The molecule has 0 aliphatic heterocycles. The largest absolute Gasteiger partial charge is 0.317 e. The van der Waals surface area contributed by atoms with Gasteiger partial charge in [0.2, 0.25) is 0 Å². The number of unbranched alkanes of at least 4 members (excludes halogenated alkanes) is 1. The van der Waals surface area contributed by atoms with E-state index in [4.69, 9.17) is 0 Å². The molecule has 0 aliphatic carbocycles. The van der Waals surface area contributed by atoms with Crippen molar-refractivity contribution in [2.45, 2.75) is 57.7 Å². The molecule has 1 atom stereocenters. The Morgan fingerprint density at radius 3 is 2.13 bits per heavy atom. The maximum Gasteiger partial charge on any atom is 0.155 e. The molecule has 0 aromatic heterocycles. The number of sulfone groups is 1. The Morgan fingerprint density at radius 2 is 1.73 bits per heavy atom. The maximum atomic E-state index is 11.8. The molecular weight excluding hydrogens is 210 g/mol. The van der Waals surface area contributed by atoms with Crippen LogP contribution in [0.3, 0.4) is 0 Å². The van der Waals surface area contributed by atoms with Crippen LogP contribution in [-0.4, -0.2) is 32.0 Å². The van der Waals surface area contributed by atoms with Gasteiger partial charge >= 0.3 is 0 Å². The van der Waals surface area contributed by atoms with Crippen LogP contribution in [0.5, 0.6) is 0 Å². The van der Waals surface area contributed by atoms with E-state index in [1.807, 2.05) is 7.05 Å². The van der Waals surface area contributed by atoms with Crippen molar-refractivity contribution in [1.29, 1.82) is 0 Å². The van der Waals surface area contributed by atoms with E-state index in [-0.39, 0.29) is 0 Å². The van der Waals surface area contributed by atoms with E-state index < -0.39 is 14.6 Å². The quantitative estimate of drug-likeness (QED) is 0.716. The average Bonchev–Trinajstić information content (AvgIpc) is 2.10. The Hall–Kier alpha value is -0.0900. The first-order valence-corrected chi connectivity index (χ1v) is 7.25. The molecule has 0 amide bonds. The third-order valence-corrected chi connectivity index (χ3v) is 5.42. The number of rotatable bonds is 6. The summed E-state index contributed by atoms with van der Waals surface area (Å²) in [5.74, 6) is 0.312. The van der Waals surface area contributed by atoms with E-state index in [2.05, 4.69) is 12.2 Å². The van der Waals surface area contributed by atoms with E-state index in [0.29, 0.717) is 11.8 Å². The normalized spacial score (nSPS) is 15.3. The third-order valence-electron chi connectivity index (χ3n) is 2.73. The summed E-state index contributed by atoms with van der Waals surface area (Å²) >= 11 is 0. The molecular formula is C11H25NO2S. The standard InChI is InChI=1S/C11H25NO2S/c1-10(12-5)8-6-7-9-15(13,14)11(2,3)4/h10,12H,6-9H2,1-5H3. The fraction of sp³-hybridized carbons (Fsp3) is 1.00. The van der Waals surface area contributed by atoms with Gasteiger partial charge in [-0.1, -0.05) is 6.42 Å². The van der Waals surface area contributed by atoms with Crippen LogP contribution in [0.25, 0.3) is 0 Å². The first-order valence-electron chi connectivity index (χ1n) is 5.60. The van der Waals surface area contributed by atoms with E-state index in [1.165, 1.54) is 0 Å². The fourth-order valence-corrected chi connectivity index (χ4v) is 2.39. The van der Waals surface area contributed by atoms with Crippen molar-refractivity contribution in [3.8, 4) is 0 Å². The number of nitrogens with one attached hydrogen (secondary N) is 1. The highest BCUT2D eigenvalue weighted by molar-refractivity contribution is 7.92. The van der Waals surface area contributed by atoms with Gasteiger partial charge in [-0.15, -0.1) is 0 Å². The summed E-state index contributed by atoms with van der Waals surface area (Å²) in [6.45, 7) is 7.40. The third kappa shape index (κ3) is 5.52. The summed E-state index contributed by atoms with van der Waals surface area (Å²) in [6.07, 6.45) is 2.78. The van der Waals surface area contributed by atoms with E-state index >= 15 is 0 Å². The molecule has 1 unspecified atom stereocenters. The van der Waals surface area contributed by atoms with Gasteiger partial charge in [0.25, 0.3) is 0 Å². The highest BCUT2D eigenvalue weighted by Crippen LogP contribution is 2.17. The van der Waals surface area contributed by atoms with Crippen molar-refractivity contribution in [1.82, 2.24) is 5.32 Å². The fourth-order valence-electron chi connectivity index (χ4n) is 1.19. The molecule has 0 rings (SSSR count). The molecule has 0 aromatic rings. The monoisotopic (exact) mass is 235 g/mol. The first kappa shape index (κ1) is 14.9. The second kappa shape index (κ2) is 5.85. The van der Waals surface area contributed by atoms with Crippen molar-refractivity contribution in [3.05, 3.63) is 0 Å². The Morgan fingerprint density at radius 1 is 1.20 bits per heavy atom. The molecule has 3 nitrogen and oxygen atoms in total. The molecule has 0 saturated carbocycles. The van der Waals surface area contributed by atoms with Gasteiger partial charge in [-0.05, 0) is 47.6 Å². The zero-order chi connectivity index (χ0) is 12.1. The predicted molar refractivity (Wildman–Crippen MR) is 65.9 cm³/mol. The molecule has 92 valence electrons. The van der Waals surface area contributed by atoms with Gasteiger partial charge in [0.1, 0.15) is 0 Å². The molecule has 15 heavy (non-hydrogen) atoms. The number of hydrogen-bond donors (Lipinski definition) is 1. The topological polar surface area (TPSA) is 46.2 Å². The van der Waals surface area contributed by atoms with Crippen molar-refractivity contribution in [2.75, 3.05) is 12.8 Å². The van der Waals surface area contributed by atoms with Crippen molar-refractivity contribution in [3.63, 3.8) is 0 Å². The molecule has 0 aliphatic rings. The van der Waals surface area contributed by atoms with Crippen molar-refractivity contribution < 1.29 is 8.42 Å². The lowest BCUT2D eigenvalue weighted by molar-refractivity contribution is 0.527. The van der Waals surface area contributed by atoms with Gasteiger partial charge in [0.05, 0.1) is 10.5 Å². The SMILES string of the molecule is CNC(C)CCCCS(=O)(=O)C(C)(C)C. The zero-order valence-electron chi connectivity index (χ0n) is 10.6. The van der Waals surface area contributed by atoms with E-state index in [1.54, 1.807) is 20.8 Å². The van der Waals surface area contributed by atoms with E-state index in [0.717, 1.165) is 19.3 Å². The van der Waals surface area contributed by atoms with Crippen LogP contribution in [0.4, 0.5) is 0 Å². The van der Waals surface area contributed by atoms with Crippen LogP contribution in [0.15, 0.2) is 0 Å². The first-order chi connectivity index (χ1) is 6.70. The second-order valence-electron chi connectivity index (χ2n) is 5.12. The average molecular weight is 235 g/mol. The van der Waals surface area contributed by atoms with Gasteiger partial charge in [-0.3, -0.25) is 0 Å². The molecule has 0 radical (unpaired) electrons. The lowest BCUT2D eigenvalue weighted by Crippen LogP contribution is -2.30. The molecule has 0 fully saturated rings. The zero-order valence-corrected chi connectivity index (χ0v) is 11.4. The summed E-state index contributed by atoms with van der Waals surface area (Å²) in [4.78, 5) is 0. The smallest absolute Gasteiger partial charge is 0.155 e. The summed E-state index contributed by atoms with van der Waals surface area (Å²) in [5.41, 5.74) is 0. The second-order valence-corrected chi connectivity index (χ2v) is 7.98. The highest BCUT2D eigenvalue weighted by Gasteiger charge is 2.27. The van der Waals surface area contributed by atoms with Crippen LogP contribution in [0.1, 0.15) is 47.0 Å². The minimum absolute atomic E-state index is 0.312. The molecule has 0 aromatic carbocycles. The van der Waals surface area contributed by atoms with Crippen molar-refractivity contribution >= 4 is 9.84 Å². The maximum absolute atomic E-state index is 11.8. The Balaban J connectivity index is 3.88. The summed E-state index contributed by atoms with van der Waals surface area (Å²) in [6, 6.07) is 0.474. The molecule has 0 bridgehead atoms. The summed E-state index contributed by atoms with van der Waals surface area (Å²) in [5, 5.41) is 3.14.